The van der Waals surface area contributed by atoms with Crippen molar-refractivity contribution in [3.05, 3.63) is 48.7 Å². The fourth-order valence-electron chi connectivity index (χ4n) is 1.64. The lowest BCUT2D eigenvalue weighted by Gasteiger charge is -2.21. The lowest BCUT2D eigenvalue weighted by atomic mass is 10.1. The third kappa shape index (κ3) is 3.27. The van der Waals surface area contributed by atoms with E-state index in [4.69, 9.17) is 5.73 Å². The van der Waals surface area contributed by atoms with E-state index in [9.17, 15) is 0 Å². The van der Waals surface area contributed by atoms with Crippen molar-refractivity contribution in [1.29, 1.82) is 0 Å². The van der Waals surface area contributed by atoms with Gasteiger partial charge in [0.05, 0.1) is 11.4 Å². The number of aromatic nitrogens is 3. The largest absolute Gasteiger partial charge is 0.326 e. The average Bonchev–Trinajstić information content (AvgIpc) is 2.46. The summed E-state index contributed by atoms with van der Waals surface area (Å²) in [7, 11) is 0. The molecule has 2 heterocycles. The zero-order valence-electron chi connectivity index (χ0n) is 10.2. The quantitative estimate of drug-likeness (QED) is 0.836. The van der Waals surface area contributed by atoms with Crippen LogP contribution in [0.3, 0.4) is 0 Å². The second-order valence-electron chi connectivity index (χ2n) is 3.94. The van der Waals surface area contributed by atoms with Gasteiger partial charge in [0.15, 0.2) is 0 Å². The number of nitrogens with two attached hydrogens (primary N) is 1. The molecule has 0 saturated carbocycles. The van der Waals surface area contributed by atoms with Gasteiger partial charge in [-0.3, -0.25) is 9.97 Å². The Balaban J connectivity index is 2.21. The summed E-state index contributed by atoms with van der Waals surface area (Å²) in [6.07, 6.45) is 9.67. The molecule has 0 aromatic carbocycles. The van der Waals surface area contributed by atoms with Gasteiger partial charge in [0.1, 0.15) is 5.03 Å². The Labute approximate surface area is 111 Å². The summed E-state index contributed by atoms with van der Waals surface area (Å²) >= 11 is 1.64. The van der Waals surface area contributed by atoms with Crippen LogP contribution in [-0.4, -0.2) is 21.0 Å². The molecule has 0 radical (unpaired) electrons. The molecule has 5 heteroatoms. The molecule has 2 rings (SSSR count). The van der Waals surface area contributed by atoms with Crippen LogP contribution < -0.4 is 5.73 Å². The van der Waals surface area contributed by atoms with E-state index in [1.54, 1.807) is 36.5 Å². The SMILES string of the molecule is CCC(N)C(Sc1cnccn1)c1cccnc1. The molecule has 2 N–H and O–H groups in total. The maximum absolute atomic E-state index is 6.20. The first-order chi connectivity index (χ1) is 8.81. The van der Waals surface area contributed by atoms with E-state index in [-0.39, 0.29) is 11.3 Å². The molecule has 0 amide bonds. The Morgan fingerprint density at radius 1 is 1.22 bits per heavy atom. The molecule has 2 atom stereocenters. The summed E-state index contributed by atoms with van der Waals surface area (Å²) in [5.74, 6) is 0. The van der Waals surface area contributed by atoms with E-state index in [0.717, 1.165) is 17.0 Å². The topological polar surface area (TPSA) is 64.7 Å². The van der Waals surface area contributed by atoms with Gasteiger partial charge in [0, 0.05) is 30.8 Å². The summed E-state index contributed by atoms with van der Waals surface area (Å²) in [6.45, 7) is 2.09. The molecule has 0 aliphatic carbocycles. The minimum absolute atomic E-state index is 0.0706. The van der Waals surface area contributed by atoms with Crippen molar-refractivity contribution in [2.75, 3.05) is 0 Å². The van der Waals surface area contributed by atoms with Crippen LogP contribution in [-0.2, 0) is 0 Å². The Hall–Kier alpha value is -1.46. The van der Waals surface area contributed by atoms with Gasteiger partial charge in [-0.05, 0) is 18.1 Å². The first kappa shape index (κ1) is 13.0. The van der Waals surface area contributed by atoms with Crippen molar-refractivity contribution in [2.45, 2.75) is 29.7 Å². The number of hydrogen-bond acceptors (Lipinski definition) is 5. The summed E-state index contributed by atoms with van der Waals surface area (Å²) in [5, 5.41) is 1.04. The monoisotopic (exact) mass is 260 g/mol. The molecule has 0 fully saturated rings. The van der Waals surface area contributed by atoms with E-state index in [0.29, 0.717) is 0 Å². The van der Waals surface area contributed by atoms with Crippen LogP contribution in [0.15, 0.2) is 48.1 Å². The maximum Gasteiger partial charge on any atom is 0.115 e. The predicted molar refractivity (Wildman–Crippen MR) is 73.1 cm³/mol. The maximum atomic E-state index is 6.20. The molecule has 0 saturated heterocycles. The second-order valence-corrected chi connectivity index (χ2v) is 5.10. The van der Waals surface area contributed by atoms with Crippen LogP contribution in [0.2, 0.25) is 0 Å². The summed E-state index contributed by atoms with van der Waals surface area (Å²) < 4.78 is 0. The molecule has 2 aromatic rings. The van der Waals surface area contributed by atoms with Crippen LogP contribution in [0.5, 0.6) is 0 Å². The van der Waals surface area contributed by atoms with Crippen molar-refractivity contribution in [2.24, 2.45) is 5.73 Å². The van der Waals surface area contributed by atoms with Crippen LogP contribution in [0.4, 0.5) is 0 Å². The zero-order valence-corrected chi connectivity index (χ0v) is 11.0. The van der Waals surface area contributed by atoms with E-state index in [1.165, 1.54) is 0 Å². The van der Waals surface area contributed by atoms with Gasteiger partial charge in [-0.1, -0.05) is 24.8 Å². The first-order valence-electron chi connectivity index (χ1n) is 5.89. The summed E-state index contributed by atoms with van der Waals surface area (Å²) in [4.78, 5) is 12.5. The highest BCUT2D eigenvalue weighted by molar-refractivity contribution is 7.99. The number of hydrogen-bond donors (Lipinski definition) is 1. The fourth-order valence-corrected chi connectivity index (χ4v) is 2.78. The Morgan fingerprint density at radius 3 is 2.67 bits per heavy atom. The molecule has 18 heavy (non-hydrogen) atoms. The van der Waals surface area contributed by atoms with Crippen LogP contribution in [0, 0.1) is 0 Å². The Bertz CT molecular complexity index is 463. The molecule has 94 valence electrons. The van der Waals surface area contributed by atoms with Crippen molar-refractivity contribution < 1.29 is 0 Å². The van der Waals surface area contributed by atoms with Crippen molar-refractivity contribution in [3.8, 4) is 0 Å². The van der Waals surface area contributed by atoms with Gasteiger partial charge in [-0.15, -0.1) is 0 Å². The Kier molecular flexibility index (Phi) is 4.66. The highest BCUT2D eigenvalue weighted by atomic mass is 32.2. The van der Waals surface area contributed by atoms with E-state index >= 15 is 0 Å². The number of rotatable bonds is 5. The van der Waals surface area contributed by atoms with Crippen molar-refractivity contribution in [3.63, 3.8) is 0 Å². The van der Waals surface area contributed by atoms with Gasteiger partial charge in [-0.2, -0.15) is 0 Å². The summed E-state index contributed by atoms with van der Waals surface area (Å²) in [6, 6.07) is 4.06. The Morgan fingerprint density at radius 2 is 2.06 bits per heavy atom. The van der Waals surface area contributed by atoms with Gasteiger partial charge < -0.3 is 5.73 Å². The van der Waals surface area contributed by atoms with Gasteiger partial charge >= 0.3 is 0 Å². The normalized spacial score (nSPS) is 14.1. The zero-order chi connectivity index (χ0) is 12.8. The van der Waals surface area contributed by atoms with E-state index in [2.05, 4.69) is 27.9 Å². The number of thioether (sulfide) groups is 1. The smallest absolute Gasteiger partial charge is 0.115 e. The van der Waals surface area contributed by atoms with Crippen LogP contribution in [0.25, 0.3) is 0 Å². The van der Waals surface area contributed by atoms with Crippen molar-refractivity contribution >= 4 is 11.8 Å². The summed E-state index contributed by atoms with van der Waals surface area (Å²) in [5.41, 5.74) is 7.33. The standard InChI is InChI=1S/C13H16N4S/c1-2-11(14)13(10-4-3-5-15-8-10)18-12-9-16-6-7-17-12/h3-9,11,13H,2,14H2,1H3. The average molecular weight is 260 g/mol. The molecule has 2 aromatic heterocycles. The third-order valence-corrected chi connectivity index (χ3v) is 3.99. The molecule has 4 nitrogen and oxygen atoms in total. The molecular formula is C13H16N4S. The number of nitrogens with zero attached hydrogens (tertiary/aromatic N) is 3. The first-order valence-corrected chi connectivity index (χ1v) is 6.77. The minimum Gasteiger partial charge on any atom is -0.326 e. The highest BCUT2D eigenvalue weighted by Crippen LogP contribution is 2.36. The van der Waals surface area contributed by atoms with Gasteiger partial charge in [-0.25, -0.2) is 4.98 Å². The molecule has 0 aliphatic rings. The predicted octanol–water partition coefficient (Wildman–Crippen LogP) is 2.44. The second kappa shape index (κ2) is 6.47. The molecule has 2 unspecified atom stereocenters. The van der Waals surface area contributed by atoms with Crippen molar-refractivity contribution in [1.82, 2.24) is 15.0 Å². The van der Waals surface area contributed by atoms with E-state index in [1.807, 2.05) is 12.3 Å². The molecular weight excluding hydrogens is 244 g/mol. The van der Waals surface area contributed by atoms with Gasteiger partial charge in [0.25, 0.3) is 0 Å². The van der Waals surface area contributed by atoms with E-state index < -0.39 is 0 Å². The van der Waals surface area contributed by atoms with Crippen LogP contribution >= 0.6 is 11.8 Å². The molecule has 0 spiro atoms. The third-order valence-electron chi connectivity index (χ3n) is 2.66. The fraction of sp³-hybridized carbons (Fsp3) is 0.308. The van der Waals surface area contributed by atoms with Crippen LogP contribution in [0.1, 0.15) is 24.2 Å². The molecule has 0 aliphatic heterocycles. The van der Waals surface area contributed by atoms with Gasteiger partial charge in [0.2, 0.25) is 0 Å². The number of pyridine rings is 1. The lowest BCUT2D eigenvalue weighted by Crippen LogP contribution is -2.25. The highest BCUT2D eigenvalue weighted by Gasteiger charge is 2.20. The lowest BCUT2D eigenvalue weighted by molar-refractivity contribution is 0.632. The minimum atomic E-state index is 0.0706. The molecule has 0 bridgehead atoms.